The number of benzene rings is 1. The summed E-state index contributed by atoms with van der Waals surface area (Å²) in [6, 6.07) is 12.9. The predicted octanol–water partition coefficient (Wildman–Crippen LogP) is 10.1. The van der Waals surface area contributed by atoms with E-state index in [1.807, 2.05) is 26.8 Å². The first-order valence-corrected chi connectivity index (χ1v) is 15.6. The third-order valence-electron chi connectivity index (χ3n) is 7.96. The van der Waals surface area contributed by atoms with Gasteiger partial charge in [-0.05, 0) is 99.6 Å². The van der Waals surface area contributed by atoms with E-state index < -0.39 is 11.0 Å². The number of rotatable bonds is 10. The van der Waals surface area contributed by atoms with E-state index in [1.54, 1.807) is 11.3 Å². The Morgan fingerprint density at radius 3 is 2.17 bits per heavy atom. The number of aromatic nitrogens is 1. The molecule has 2 atom stereocenters. The first-order chi connectivity index (χ1) is 18.4. The zero-order valence-corrected chi connectivity index (χ0v) is 27.8. The van der Waals surface area contributed by atoms with E-state index in [9.17, 15) is 4.79 Å². The van der Waals surface area contributed by atoms with Crippen molar-refractivity contribution in [2.75, 3.05) is 0 Å². The fourth-order valence-electron chi connectivity index (χ4n) is 5.53. The number of hydrogen-bond acceptors (Lipinski definition) is 5. The van der Waals surface area contributed by atoms with Crippen molar-refractivity contribution in [3.05, 3.63) is 47.8 Å². The first kappa shape index (κ1) is 32.1. The molecule has 0 aliphatic rings. The number of aryl methyl sites for hydroxylation is 2. The number of carbonyl (C=O) groups is 1. The molecule has 0 saturated heterocycles. The van der Waals surface area contributed by atoms with E-state index in [1.165, 1.54) is 20.5 Å². The van der Waals surface area contributed by atoms with Crippen LogP contribution in [0.1, 0.15) is 107 Å². The molecule has 2 heterocycles. The molecule has 3 aromatic rings. The van der Waals surface area contributed by atoms with Gasteiger partial charge in [0.05, 0.1) is 11.5 Å². The highest BCUT2D eigenvalue weighted by molar-refractivity contribution is 7.22. The summed E-state index contributed by atoms with van der Waals surface area (Å²) in [4.78, 5) is 19.7. The summed E-state index contributed by atoms with van der Waals surface area (Å²) < 4.78 is 13.8. The molecule has 0 spiro atoms. The monoisotopic (exact) mass is 565 g/mol. The average molecular weight is 566 g/mol. The van der Waals surface area contributed by atoms with E-state index in [2.05, 4.69) is 92.6 Å². The maximum Gasteiger partial charge on any atom is 0.312 e. The van der Waals surface area contributed by atoms with Crippen LogP contribution in [0.4, 0.5) is 0 Å². The van der Waals surface area contributed by atoms with Gasteiger partial charge in [-0.1, -0.05) is 55.4 Å². The topological polar surface area (TPSA) is 48.4 Å². The van der Waals surface area contributed by atoms with Gasteiger partial charge in [0.1, 0.15) is 11.4 Å². The lowest BCUT2D eigenvalue weighted by Crippen LogP contribution is -2.47. The quantitative estimate of drug-likeness (QED) is 0.229. The van der Waals surface area contributed by atoms with Gasteiger partial charge in [-0.2, -0.15) is 0 Å². The number of hydrogen-bond donors (Lipinski definition) is 0. The average Bonchev–Trinajstić information content (AvgIpc) is 3.24. The predicted molar refractivity (Wildman–Crippen MR) is 170 cm³/mol. The highest BCUT2D eigenvalue weighted by Crippen LogP contribution is 2.48. The van der Waals surface area contributed by atoms with Crippen molar-refractivity contribution in [2.24, 2.45) is 16.2 Å². The van der Waals surface area contributed by atoms with Gasteiger partial charge in [0.2, 0.25) is 0 Å². The number of thiophene rings is 1. The molecule has 1 aromatic carbocycles. The van der Waals surface area contributed by atoms with Crippen LogP contribution in [0.3, 0.4) is 0 Å². The molecule has 220 valence electrons. The van der Waals surface area contributed by atoms with Gasteiger partial charge in [-0.25, -0.2) is 0 Å². The smallest absolute Gasteiger partial charge is 0.312 e. The maximum absolute atomic E-state index is 13.6. The largest absolute Gasteiger partial charge is 0.491 e. The molecule has 0 saturated carbocycles. The Labute approximate surface area is 246 Å². The van der Waals surface area contributed by atoms with Crippen LogP contribution in [0.15, 0.2) is 36.4 Å². The van der Waals surface area contributed by atoms with Crippen LogP contribution < -0.4 is 4.74 Å². The fraction of sp³-hybridized carbons (Fsp3) is 0.600. The number of ether oxygens (including phenoxy) is 2. The molecule has 0 bridgehead atoms. The van der Waals surface area contributed by atoms with Crippen LogP contribution in [-0.4, -0.2) is 22.7 Å². The van der Waals surface area contributed by atoms with Crippen molar-refractivity contribution in [1.29, 1.82) is 0 Å². The number of esters is 1. The van der Waals surface area contributed by atoms with Crippen molar-refractivity contribution in [2.45, 2.75) is 120 Å². The van der Waals surface area contributed by atoms with Crippen molar-refractivity contribution in [1.82, 2.24) is 4.98 Å². The van der Waals surface area contributed by atoms with E-state index in [4.69, 9.17) is 14.5 Å². The second kappa shape index (κ2) is 11.8. The zero-order valence-electron chi connectivity index (χ0n) is 27.0. The van der Waals surface area contributed by atoms with Crippen molar-refractivity contribution in [3.63, 3.8) is 0 Å². The lowest BCUT2D eigenvalue weighted by atomic mass is 9.61. The molecule has 0 fully saturated rings. The Bertz CT molecular complexity index is 1320. The molecule has 5 heteroatoms. The molecule has 4 nitrogen and oxygen atoms in total. The molecular formula is C35H51NO3S. The van der Waals surface area contributed by atoms with E-state index in [-0.39, 0.29) is 22.9 Å². The van der Waals surface area contributed by atoms with E-state index >= 15 is 0 Å². The Hall–Kier alpha value is -2.40. The van der Waals surface area contributed by atoms with Crippen LogP contribution in [-0.2, 0) is 22.4 Å². The van der Waals surface area contributed by atoms with Gasteiger partial charge in [0, 0.05) is 32.9 Å². The normalized spacial score (nSPS) is 15.1. The summed E-state index contributed by atoms with van der Waals surface area (Å²) in [5, 5.41) is 1.20. The molecule has 0 amide bonds. The van der Waals surface area contributed by atoms with Crippen molar-refractivity contribution in [3.8, 4) is 16.2 Å². The van der Waals surface area contributed by atoms with Crippen LogP contribution in [0, 0.1) is 16.2 Å². The minimum atomic E-state index is -0.657. The van der Waals surface area contributed by atoms with Crippen LogP contribution in [0.25, 0.3) is 20.5 Å². The second-order valence-corrected chi connectivity index (χ2v) is 15.5. The molecule has 0 aliphatic carbocycles. The Morgan fingerprint density at radius 2 is 1.60 bits per heavy atom. The number of nitrogens with zero attached hydrogens (tertiary/aromatic N) is 1. The third-order valence-corrected chi connectivity index (χ3v) is 9.09. The third kappa shape index (κ3) is 7.66. The van der Waals surface area contributed by atoms with Gasteiger partial charge < -0.3 is 9.47 Å². The minimum absolute atomic E-state index is 0.00940. The second-order valence-electron chi connectivity index (χ2n) is 14.4. The lowest BCUT2D eigenvalue weighted by Gasteiger charge is -2.45. The molecular weight excluding hydrogens is 514 g/mol. The number of carbonyl (C=O) groups excluding carboxylic acids is 1. The summed E-state index contributed by atoms with van der Waals surface area (Å²) in [6.07, 6.45) is 3.08. The minimum Gasteiger partial charge on any atom is -0.491 e. The molecule has 3 rings (SSSR count). The Kier molecular flexibility index (Phi) is 9.50. The van der Waals surface area contributed by atoms with Gasteiger partial charge in [0.25, 0.3) is 0 Å². The molecule has 2 aromatic heterocycles. The highest BCUT2D eigenvalue weighted by Gasteiger charge is 2.49. The summed E-state index contributed by atoms with van der Waals surface area (Å²) >= 11 is 1.78. The maximum atomic E-state index is 13.6. The van der Waals surface area contributed by atoms with Gasteiger partial charge in [-0.15, -0.1) is 11.3 Å². The highest BCUT2D eigenvalue weighted by atomic mass is 32.1. The Balaban J connectivity index is 1.74. The summed E-state index contributed by atoms with van der Waals surface area (Å²) in [5.74, 6) is 0.700. The van der Waals surface area contributed by atoms with Crippen LogP contribution >= 0.6 is 11.3 Å². The van der Waals surface area contributed by atoms with E-state index in [0.29, 0.717) is 6.42 Å². The number of fused-ring (bicyclic) bond motifs is 1. The van der Waals surface area contributed by atoms with Gasteiger partial charge in [0.15, 0.2) is 0 Å². The van der Waals surface area contributed by atoms with E-state index in [0.717, 1.165) is 36.4 Å². The molecule has 0 aliphatic heterocycles. The van der Waals surface area contributed by atoms with Crippen molar-refractivity contribution < 1.29 is 14.3 Å². The molecule has 2 unspecified atom stereocenters. The van der Waals surface area contributed by atoms with Crippen LogP contribution in [0.2, 0.25) is 0 Å². The van der Waals surface area contributed by atoms with Crippen LogP contribution in [0.5, 0.6) is 5.75 Å². The summed E-state index contributed by atoms with van der Waals surface area (Å²) in [7, 11) is 0. The zero-order chi connectivity index (χ0) is 30.1. The lowest BCUT2D eigenvalue weighted by molar-refractivity contribution is -0.180. The molecule has 40 heavy (non-hydrogen) atoms. The SMILES string of the molecule is CCc1ccc(-c2cc3ccc(OC(C)CC(C)(C)OC(=O)C(C)(CC(C)(C)C)C(C)(C)C)cc3s2)c(CC)n1. The standard InChI is InChI=1S/C35H51NO3S/c1-13-25-16-18-27(28(14-2)36-25)30-19-24-15-17-26(20-29(24)40-30)38-23(3)21-34(10,11)39-31(37)35(12,33(7,8)9)22-32(4,5)6/h15-20,23H,13-14,21-22H2,1-12H3. The van der Waals surface area contributed by atoms with Gasteiger partial charge in [-0.3, -0.25) is 9.78 Å². The molecule has 0 N–H and O–H groups in total. The van der Waals surface area contributed by atoms with Crippen molar-refractivity contribution >= 4 is 27.4 Å². The first-order valence-electron chi connectivity index (χ1n) is 14.8. The molecule has 0 radical (unpaired) electrons. The Morgan fingerprint density at radius 1 is 0.925 bits per heavy atom. The summed E-state index contributed by atoms with van der Waals surface area (Å²) in [6.45, 7) is 25.3. The fourth-order valence-corrected chi connectivity index (χ4v) is 6.67. The number of pyridine rings is 1. The summed E-state index contributed by atoms with van der Waals surface area (Å²) in [5.41, 5.74) is 2.03. The van der Waals surface area contributed by atoms with Gasteiger partial charge >= 0.3 is 5.97 Å².